The molecular weight excluding hydrogens is 342 g/mol. The van der Waals surface area contributed by atoms with Gasteiger partial charge in [0.05, 0.1) is 11.2 Å². The number of nitrogens with zero attached hydrogens (tertiary/aromatic N) is 5. The van der Waals surface area contributed by atoms with E-state index in [2.05, 4.69) is 10.1 Å². The monoisotopic (exact) mass is 359 g/mol. The van der Waals surface area contributed by atoms with Crippen molar-refractivity contribution in [1.29, 1.82) is 0 Å². The Bertz CT molecular complexity index is 1270. The summed E-state index contributed by atoms with van der Waals surface area (Å²) >= 11 is 0. The fraction of sp³-hybridized carbons (Fsp3) is 0.200. The predicted molar refractivity (Wildman–Crippen MR) is 102 cm³/mol. The van der Waals surface area contributed by atoms with Crippen molar-refractivity contribution in [3.63, 3.8) is 0 Å². The Morgan fingerprint density at radius 2 is 2.00 bits per heavy atom. The number of anilines is 1. The molecule has 5 rings (SSSR count). The number of amides is 1. The molecule has 4 heterocycles. The smallest absolute Gasteiger partial charge is 0.277 e. The van der Waals surface area contributed by atoms with Crippen molar-refractivity contribution < 1.29 is 4.79 Å². The molecule has 1 aromatic carbocycles. The Hall–Kier alpha value is -3.48. The molecule has 3 aromatic heterocycles. The van der Waals surface area contributed by atoms with Gasteiger partial charge in [0, 0.05) is 18.4 Å². The molecule has 7 heteroatoms. The molecule has 1 amide bonds. The van der Waals surface area contributed by atoms with E-state index in [1.165, 1.54) is 4.57 Å². The van der Waals surface area contributed by atoms with Crippen LogP contribution in [-0.4, -0.2) is 31.6 Å². The van der Waals surface area contributed by atoms with Gasteiger partial charge < -0.3 is 4.90 Å². The van der Waals surface area contributed by atoms with Gasteiger partial charge in [-0.15, -0.1) is 0 Å². The number of carbonyl (C=O) groups excluding carboxylic acids is 1. The molecule has 0 saturated carbocycles. The molecule has 0 atom stereocenters. The van der Waals surface area contributed by atoms with E-state index in [4.69, 9.17) is 0 Å². The normalized spacial score (nSPS) is 13.4. The van der Waals surface area contributed by atoms with E-state index in [0.29, 0.717) is 23.2 Å². The molecular formula is C20H17N5O2. The van der Waals surface area contributed by atoms with Crippen molar-refractivity contribution in [2.75, 3.05) is 11.4 Å². The molecule has 0 saturated heterocycles. The molecule has 4 aromatic rings. The zero-order chi connectivity index (χ0) is 18.5. The highest BCUT2D eigenvalue weighted by atomic mass is 16.2. The third-order valence-corrected chi connectivity index (χ3v) is 5.03. The lowest BCUT2D eigenvalue weighted by Gasteiger charge is -2.19. The summed E-state index contributed by atoms with van der Waals surface area (Å²) in [5.41, 5.74) is 4.17. The topological polar surface area (TPSA) is 72.5 Å². The van der Waals surface area contributed by atoms with Gasteiger partial charge in [-0.1, -0.05) is 18.2 Å². The predicted octanol–water partition coefficient (Wildman–Crippen LogP) is 1.94. The molecule has 0 N–H and O–H groups in total. The van der Waals surface area contributed by atoms with Crippen LogP contribution in [0.3, 0.4) is 0 Å². The van der Waals surface area contributed by atoms with Gasteiger partial charge >= 0.3 is 0 Å². The second-order valence-electron chi connectivity index (χ2n) is 6.74. The van der Waals surface area contributed by atoms with Crippen LogP contribution < -0.4 is 10.5 Å². The van der Waals surface area contributed by atoms with Gasteiger partial charge in [-0.2, -0.15) is 5.10 Å². The van der Waals surface area contributed by atoms with Crippen LogP contribution in [0.15, 0.2) is 53.5 Å². The SMILES string of the molecule is Cc1cc2c(=O)n(CC(=O)N3CCc4ccccc43)c3cccnc3n2n1. The molecule has 0 radical (unpaired) electrons. The zero-order valence-corrected chi connectivity index (χ0v) is 14.8. The summed E-state index contributed by atoms with van der Waals surface area (Å²) in [6, 6.07) is 13.2. The Labute approximate surface area is 154 Å². The third kappa shape index (κ3) is 2.35. The number of rotatable bonds is 2. The van der Waals surface area contributed by atoms with Gasteiger partial charge in [0.25, 0.3) is 5.56 Å². The second kappa shape index (κ2) is 5.77. The number of para-hydroxylation sites is 1. The number of hydrogen-bond donors (Lipinski definition) is 0. The van der Waals surface area contributed by atoms with Gasteiger partial charge in [0.1, 0.15) is 12.1 Å². The van der Waals surface area contributed by atoms with E-state index in [1.807, 2.05) is 31.2 Å². The Morgan fingerprint density at radius 3 is 2.89 bits per heavy atom. The molecule has 0 aliphatic carbocycles. The molecule has 0 unspecified atom stereocenters. The first-order chi connectivity index (χ1) is 13.1. The van der Waals surface area contributed by atoms with E-state index < -0.39 is 0 Å². The summed E-state index contributed by atoms with van der Waals surface area (Å²) < 4.78 is 3.06. The maximum absolute atomic E-state index is 13.1. The van der Waals surface area contributed by atoms with Crippen LogP contribution in [-0.2, 0) is 17.8 Å². The summed E-state index contributed by atoms with van der Waals surface area (Å²) in [5, 5.41) is 4.38. The van der Waals surface area contributed by atoms with Gasteiger partial charge in [-0.25, -0.2) is 9.50 Å². The minimum absolute atomic E-state index is 0.0317. The Morgan fingerprint density at radius 1 is 1.15 bits per heavy atom. The van der Waals surface area contributed by atoms with Crippen LogP contribution in [0.5, 0.6) is 0 Å². The Kier molecular flexibility index (Phi) is 3.36. The second-order valence-corrected chi connectivity index (χ2v) is 6.74. The van der Waals surface area contributed by atoms with Crippen LogP contribution >= 0.6 is 0 Å². The quantitative estimate of drug-likeness (QED) is 0.548. The summed E-state index contributed by atoms with van der Waals surface area (Å²) in [6.45, 7) is 2.44. The lowest BCUT2D eigenvalue weighted by Crippen LogP contribution is -2.36. The number of pyridine rings is 1. The van der Waals surface area contributed by atoms with Crippen LogP contribution in [0, 0.1) is 6.92 Å². The minimum Gasteiger partial charge on any atom is -0.310 e. The van der Waals surface area contributed by atoms with Crippen LogP contribution in [0.4, 0.5) is 5.69 Å². The van der Waals surface area contributed by atoms with Crippen LogP contribution in [0.25, 0.3) is 16.7 Å². The number of fused-ring (bicyclic) bond motifs is 4. The van der Waals surface area contributed by atoms with Crippen molar-refractivity contribution in [2.24, 2.45) is 0 Å². The number of benzene rings is 1. The maximum atomic E-state index is 13.1. The maximum Gasteiger partial charge on any atom is 0.277 e. The van der Waals surface area contributed by atoms with Crippen molar-refractivity contribution in [3.05, 3.63) is 70.3 Å². The van der Waals surface area contributed by atoms with Crippen molar-refractivity contribution in [3.8, 4) is 0 Å². The summed E-state index contributed by atoms with van der Waals surface area (Å²) in [7, 11) is 0. The summed E-state index contributed by atoms with van der Waals surface area (Å²) in [5.74, 6) is -0.104. The minimum atomic E-state index is -0.239. The number of aryl methyl sites for hydroxylation is 1. The molecule has 0 spiro atoms. The first-order valence-electron chi connectivity index (χ1n) is 8.85. The highest BCUT2D eigenvalue weighted by Crippen LogP contribution is 2.27. The number of carbonyl (C=O) groups is 1. The van der Waals surface area contributed by atoms with E-state index in [0.717, 1.165) is 23.4 Å². The number of hydrogen-bond acceptors (Lipinski definition) is 4. The largest absolute Gasteiger partial charge is 0.310 e. The van der Waals surface area contributed by atoms with Crippen LogP contribution in [0.1, 0.15) is 11.3 Å². The highest BCUT2D eigenvalue weighted by Gasteiger charge is 2.25. The van der Waals surface area contributed by atoms with Crippen LogP contribution in [0.2, 0.25) is 0 Å². The Balaban J connectivity index is 1.64. The molecule has 134 valence electrons. The van der Waals surface area contributed by atoms with Gasteiger partial charge in [0.2, 0.25) is 5.91 Å². The molecule has 1 aliphatic rings. The van der Waals surface area contributed by atoms with E-state index in [-0.39, 0.29) is 18.0 Å². The van der Waals surface area contributed by atoms with Gasteiger partial charge in [-0.3, -0.25) is 14.2 Å². The average Bonchev–Trinajstić information content (AvgIpc) is 3.29. The van der Waals surface area contributed by atoms with Crippen molar-refractivity contribution >= 4 is 28.3 Å². The van der Waals surface area contributed by atoms with Gasteiger partial charge in [-0.05, 0) is 43.2 Å². The van der Waals surface area contributed by atoms with E-state index in [1.54, 1.807) is 33.8 Å². The van der Waals surface area contributed by atoms with Gasteiger partial charge in [0.15, 0.2) is 5.65 Å². The lowest BCUT2D eigenvalue weighted by molar-refractivity contribution is -0.119. The van der Waals surface area contributed by atoms with Crippen molar-refractivity contribution in [1.82, 2.24) is 19.2 Å². The lowest BCUT2D eigenvalue weighted by atomic mass is 10.2. The molecule has 27 heavy (non-hydrogen) atoms. The fourth-order valence-electron chi connectivity index (χ4n) is 3.80. The average molecular weight is 359 g/mol. The summed E-state index contributed by atoms with van der Waals surface area (Å²) in [4.78, 5) is 32.2. The molecule has 0 fully saturated rings. The number of aromatic nitrogens is 4. The molecule has 1 aliphatic heterocycles. The third-order valence-electron chi connectivity index (χ3n) is 5.03. The highest BCUT2D eigenvalue weighted by molar-refractivity contribution is 5.96. The molecule has 0 bridgehead atoms. The van der Waals surface area contributed by atoms with E-state index >= 15 is 0 Å². The zero-order valence-electron chi connectivity index (χ0n) is 14.8. The van der Waals surface area contributed by atoms with Crippen molar-refractivity contribution in [2.45, 2.75) is 19.9 Å². The fourth-order valence-corrected chi connectivity index (χ4v) is 3.80. The first kappa shape index (κ1) is 15.7. The first-order valence-corrected chi connectivity index (χ1v) is 8.85. The standard InChI is InChI=1S/C20H17N5O2/c1-13-11-17-20(27)24(16-7-4-9-21-19(16)25(17)22-13)12-18(26)23-10-8-14-5-2-3-6-15(14)23/h2-7,9,11H,8,10,12H2,1H3. The summed E-state index contributed by atoms with van der Waals surface area (Å²) in [6.07, 6.45) is 2.49. The molecule has 7 nitrogen and oxygen atoms in total. The van der Waals surface area contributed by atoms with E-state index in [9.17, 15) is 9.59 Å².